The number of nitrogens with one attached hydrogen (secondary N) is 1. The highest BCUT2D eigenvalue weighted by atomic mass is 35.5. The van der Waals surface area contributed by atoms with E-state index in [2.05, 4.69) is 10.3 Å². The maximum atomic E-state index is 13.1. The summed E-state index contributed by atoms with van der Waals surface area (Å²) in [6, 6.07) is 13.8. The minimum atomic E-state index is -4.75. The average Bonchev–Trinajstić information content (AvgIpc) is 2.61. The Bertz CT molecular complexity index is 1020. The standard InChI is InChI=1S/C18H12Cl2F3N3O/c19-13-7-6-12(8-14(13)20)24-17-25-15(18(21,22)23)9-16(27)26(17)10-11-4-2-1-3-5-11/h1-9H,10H2,(H,24,25). The van der Waals surface area contributed by atoms with Crippen molar-refractivity contribution in [1.29, 1.82) is 0 Å². The third-order valence-electron chi connectivity index (χ3n) is 3.66. The van der Waals surface area contributed by atoms with Gasteiger partial charge in [0.2, 0.25) is 5.95 Å². The van der Waals surface area contributed by atoms with Crippen LogP contribution in [0.4, 0.5) is 24.8 Å². The van der Waals surface area contributed by atoms with E-state index in [1.54, 1.807) is 30.3 Å². The van der Waals surface area contributed by atoms with Crippen molar-refractivity contribution in [2.75, 3.05) is 5.32 Å². The van der Waals surface area contributed by atoms with Crippen LogP contribution in [-0.2, 0) is 12.7 Å². The van der Waals surface area contributed by atoms with Crippen LogP contribution in [0.5, 0.6) is 0 Å². The van der Waals surface area contributed by atoms with Gasteiger partial charge in [-0.25, -0.2) is 4.98 Å². The van der Waals surface area contributed by atoms with Crippen LogP contribution in [0.1, 0.15) is 11.3 Å². The quantitative estimate of drug-likeness (QED) is 0.625. The van der Waals surface area contributed by atoms with E-state index >= 15 is 0 Å². The summed E-state index contributed by atoms with van der Waals surface area (Å²) in [5.41, 5.74) is -1.03. The molecular formula is C18H12Cl2F3N3O. The van der Waals surface area contributed by atoms with Crippen LogP contribution < -0.4 is 10.9 Å². The monoisotopic (exact) mass is 413 g/mol. The molecule has 4 nitrogen and oxygen atoms in total. The van der Waals surface area contributed by atoms with E-state index in [1.807, 2.05) is 0 Å². The normalized spacial score (nSPS) is 11.4. The van der Waals surface area contributed by atoms with Crippen LogP contribution in [0, 0.1) is 0 Å². The minimum absolute atomic E-state index is 0.0501. The van der Waals surface area contributed by atoms with Gasteiger partial charge >= 0.3 is 6.18 Å². The van der Waals surface area contributed by atoms with Crippen molar-refractivity contribution < 1.29 is 13.2 Å². The third kappa shape index (κ3) is 4.61. The number of rotatable bonds is 4. The summed E-state index contributed by atoms with van der Waals surface area (Å²) in [5, 5.41) is 3.23. The molecule has 0 aliphatic carbocycles. The maximum absolute atomic E-state index is 13.1. The van der Waals surface area contributed by atoms with Gasteiger partial charge in [-0.05, 0) is 23.8 Å². The van der Waals surface area contributed by atoms with Crippen LogP contribution in [0.25, 0.3) is 0 Å². The first-order valence-electron chi connectivity index (χ1n) is 7.69. The number of hydrogen-bond donors (Lipinski definition) is 1. The summed E-state index contributed by atoms with van der Waals surface area (Å²) in [6.07, 6.45) is -4.75. The number of aromatic nitrogens is 2. The second-order valence-corrected chi connectivity index (χ2v) is 6.44. The molecule has 0 aliphatic rings. The van der Waals surface area contributed by atoms with Crippen molar-refractivity contribution in [2.24, 2.45) is 0 Å². The smallest absolute Gasteiger partial charge is 0.325 e. The highest BCUT2D eigenvalue weighted by Gasteiger charge is 2.34. The van der Waals surface area contributed by atoms with E-state index in [0.717, 1.165) is 10.1 Å². The number of anilines is 2. The van der Waals surface area contributed by atoms with Crippen molar-refractivity contribution >= 4 is 34.8 Å². The van der Waals surface area contributed by atoms with Crippen LogP contribution in [0.15, 0.2) is 59.4 Å². The van der Waals surface area contributed by atoms with Crippen LogP contribution >= 0.6 is 23.2 Å². The SMILES string of the molecule is O=c1cc(C(F)(F)F)nc(Nc2ccc(Cl)c(Cl)c2)n1Cc1ccccc1. The Hall–Kier alpha value is -2.51. The van der Waals surface area contributed by atoms with Crippen molar-refractivity contribution in [1.82, 2.24) is 9.55 Å². The number of nitrogens with zero attached hydrogens (tertiary/aromatic N) is 2. The predicted molar refractivity (Wildman–Crippen MR) is 98.8 cm³/mol. The Kier molecular flexibility index (Phi) is 5.43. The molecule has 1 N–H and O–H groups in total. The first-order chi connectivity index (χ1) is 12.7. The molecule has 3 rings (SSSR count). The first-order valence-corrected chi connectivity index (χ1v) is 8.45. The molecule has 0 fully saturated rings. The molecule has 1 aromatic heterocycles. The van der Waals surface area contributed by atoms with Crippen molar-refractivity contribution in [3.05, 3.63) is 86.3 Å². The van der Waals surface area contributed by atoms with Crippen LogP contribution in [-0.4, -0.2) is 9.55 Å². The molecular weight excluding hydrogens is 402 g/mol. The second-order valence-electron chi connectivity index (χ2n) is 5.63. The predicted octanol–water partition coefficient (Wildman–Crippen LogP) is 5.36. The molecule has 2 aromatic carbocycles. The zero-order chi connectivity index (χ0) is 19.6. The Morgan fingerprint density at radius 2 is 1.70 bits per heavy atom. The van der Waals surface area contributed by atoms with Crippen molar-refractivity contribution in [2.45, 2.75) is 12.7 Å². The van der Waals surface area contributed by atoms with Gasteiger partial charge in [0.05, 0.1) is 16.6 Å². The van der Waals surface area contributed by atoms with Gasteiger partial charge in [0.15, 0.2) is 5.69 Å². The molecule has 0 amide bonds. The lowest BCUT2D eigenvalue weighted by Crippen LogP contribution is -2.27. The van der Waals surface area contributed by atoms with Gasteiger partial charge in [-0.15, -0.1) is 0 Å². The molecule has 0 spiro atoms. The van der Waals surface area contributed by atoms with E-state index < -0.39 is 17.4 Å². The lowest BCUT2D eigenvalue weighted by molar-refractivity contribution is -0.141. The average molecular weight is 414 g/mol. The highest BCUT2D eigenvalue weighted by molar-refractivity contribution is 6.42. The zero-order valence-electron chi connectivity index (χ0n) is 13.6. The summed E-state index contributed by atoms with van der Waals surface area (Å²) < 4.78 is 40.4. The minimum Gasteiger partial charge on any atom is -0.325 e. The highest BCUT2D eigenvalue weighted by Crippen LogP contribution is 2.29. The molecule has 0 saturated carbocycles. The van der Waals surface area contributed by atoms with Crippen molar-refractivity contribution in [3.8, 4) is 0 Å². The fraction of sp³-hybridized carbons (Fsp3) is 0.111. The van der Waals surface area contributed by atoms with E-state index in [9.17, 15) is 18.0 Å². The summed E-state index contributed by atoms with van der Waals surface area (Å²) in [6.45, 7) is 0.0501. The lowest BCUT2D eigenvalue weighted by Gasteiger charge is -2.16. The molecule has 1 heterocycles. The van der Waals surface area contributed by atoms with Gasteiger partial charge in [0.25, 0.3) is 5.56 Å². The van der Waals surface area contributed by atoms with Gasteiger partial charge in [0, 0.05) is 11.8 Å². The summed E-state index contributed by atoms with van der Waals surface area (Å²) in [4.78, 5) is 16.0. The largest absolute Gasteiger partial charge is 0.433 e. The van der Waals surface area contributed by atoms with E-state index in [1.165, 1.54) is 18.2 Å². The molecule has 0 saturated heterocycles. The molecule has 9 heteroatoms. The van der Waals surface area contributed by atoms with Gasteiger partial charge < -0.3 is 5.32 Å². The van der Waals surface area contributed by atoms with E-state index in [0.29, 0.717) is 16.8 Å². The van der Waals surface area contributed by atoms with Gasteiger partial charge in [0.1, 0.15) is 0 Å². The van der Waals surface area contributed by atoms with Crippen LogP contribution in [0.2, 0.25) is 10.0 Å². The van der Waals surface area contributed by atoms with E-state index in [4.69, 9.17) is 23.2 Å². The second kappa shape index (κ2) is 7.62. The summed E-state index contributed by atoms with van der Waals surface area (Å²) in [7, 11) is 0. The molecule has 140 valence electrons. The summed E-state index contributed by atoms with van der Waals surface area (Å²) in [5.74, 6) is -0.253. The number of alkyl halides is 3. The molecule has 0 atom stereocenters. The Morgan fingerprint density at radius 1 is 1.00 bits per heavy atom. The van der Waals surface area contributed by atoms with Crippen LogP contribution in [0.3, 0.4) is 0 Å². The van der Waals surface area contributed by atoms with Gasteiger partial charge in [-0.2, -0.15) is 13.2 Å². The fourth-order valence-corrected chi connectivity index (χ4v) is 2.67. The number of benzene rings is 2. The topological polar surface area (TPSA) is 46.9 Å². The molecule has 0 radical (unpaired) electrons. The molecule has 0 bridgehead atoms. The van der Waals surface area contributed by atoms with Gasteiger partial charge in [-0.1, -0.05) is 53.5 Å². The lowest BCUT2D eigenvalue weighted by atomic mass is 10.2. The molecule has 0 aliphatic heterocycles. The Morgan fingerprint density at radius 3 is 2.33 bits per heavy atom. The van der Waals surface area contributed by atoms with E-state index in [-0.39, 0.29) is 17.5 Å². The van der Waals surface area contributed by atoms with Gasteiger partial charge in [-0.3, -0.25) is 9.36 Å². The third-order valence-corrected chi connectivity index (χ3v) is 4.40. The molecule has 27 heavy (non-hydrogen) atoms. The molecule has 3 aromatic rings. The zero-order valence-corrected chi connectivity index (χ0v) is 15.1. The summed E-state index contributed by atoms with van der Waals surface area (Å²) >= 11 is 11.8. The fourth-order valence-electron chi connectivity index (χ4n) is 2.37. The number of hydrogen-bond acceptors (Lipinski definition) is 3. The number of halogens is 5. The maximum Gasteiger partial charge on any atom is 0.433 e. The first kappa shape index (κ1) is 19.3. The molecule has 0 unspecified atom stereocenters. The Balaban J connectivity index is 2.08. The Labute approximate surface area is 162 Å². The van der Waals surface area contributed by atoms with Crippen molar-refractivity contribution in [3.63, 3.8) is 0 Å².